The molecule has 1 unspecified atom stereocenters. The molecule has 106 valence electrons. The summed E-state index contributed by atoms with van der Waals surface area (Å²) in [6.07, 6.45) is 1.14. The molecule has 2 aromatic rings. The van der Waals surface area contributed by atoms with Crippen LogP contribution >= 0.6 is 23.2 Å². The van der Waals surface area contributed by atoms with Crippen LogP contribution in [0.15, 0.2) is 42.5 Å². The van der Waals surface area contributed by atoms with Gasteiger partial charge in [-0.3, -0.25) is 0 Å². The molecule has 0 heterocycles. The van der Waals surface area contributed by atoms with Gasteiger partial charge in [0.15, 0.2) is 0 Å². The van der Waals surface area contributed by atoms with Crippen molar-refractivity contribution in [3.8, 4) is 0 Å². The maximum Gasteiger partial charge on any atom is 0.123 e. The van der Waals surface area contributed by atoms with E-state index in [2.05, 4.69) is 0 Å². The fraction of sp³-hybridized carbons (Fsp3) is 0.250. The van der Waals surface area contributed by atoms with Crippen LogP contribution in [0.4, 0.5) is 4.39 Å². The Hall–Kier alpha value is -1.09. The molecule has 1 nitrogen and oxygen atoms in total. The number of hydrogen-bond donors (Lipinski definition) is 1. The van der Waals surface area contributed by atoms with E-state index < -0.39 is 0 Å². The van der Waals surface area contributed by atoms with Crippen LogP contribution in [-0.4, -0.2) is 11.7 Å². The molecule has 1 N–H and O–H groups in total. The lowest BCUT2D eigenvalue weighted by atomic mass is 9.93. The number of hydrogen-bond acceptors (Lipinski definition) is 1. The topological polar surface area (TPSA) is 20.2 Å². The van der Waals surface area contributed by atoms with Crippen molar-refractivity contribution >= 4 is 23.2 Å². The highest BCUT2D eigenvalue weighted by Gasteiger charge is 2.14. The summed E-state index contributed by atoms with van der Waals surface area (Å²) in [5.74, 6) is -0.316. The Kier molecular flexibility index (Phi) is 5.41. The Morgan fingerprint density at radius 3 is 2.25 bits per heavy atom. The molecular weight excluding hydrogens is 298 g/mol. The lowest BCUT2D eigenvalue weighted by Crippen LogP contribution is -2.13. The van der Waals surface area contributed by atoms with Gasteiger partial charge in [0.1, 0.15) is 5.82 Å². The Balaban J connectivity index is 2.13. The highest BCUT2D eigenvalue weighted by atomic mass is 35.5. The van der Waals surface area contributed by atoms with Gasteiger partial charge in [-0.1, -0.05) is 41.4 Å². The van der Waals surface area contributed by atoms with Crippen molar-refractivity contribution in [1.82, 2.24) is 0 Å². The first kappa shape index (κ1) is 15.3. The molecule has 0 aromatic heterocycles. The van der Waals surface area contributed by atoms with Crippen LogP contribution in [0.3, 0.4) is 0 Å². The van der Waals surface area contributed by atoms with E-state index in [4.69, 9.17) is 23.2 Å². The number of aliphatic hydroxyl groups is 1. The lowest BCUT2D eigenvalue weighted by molar-refractivity contribution is 0.225. The van der Waals surface area contributed by atoms with Crippen molar-refractivity contribution in [2.45, 2.75) is 12.8 Å². The standard InChI is InChI=1S/C16H15Cl2FO/c17-15-5-2-6-16(18)14(15)9-12(10-20)7-11-3-1-4-13(19)8-11/h1-6,8,12,20H,7,9-10H2. The molecule has 0 spiro atoms. The first-order valence-electron chi connectivity index (χ1n) is 6.38. The van der Waals surface area contributed by atoms with E-state index >= 15 is 0 Å². The smallest absolute Gasteiger partial charge is 0.123 e. The fourth-order valence-electron chi connectivity index (χ4n) is 2.21. The zero-order valence-corrected chi connectivity index (χ0v) is 12.3. The van der Waals surface area contributed by atoms with E-state index in [1.165, 1.54) is 12.1 Å². The minimum absolute atomic E-state index is 0.00192. The maximum atomic E-state index is 13.2. The van der Waals surface area contributed by atoms with Gasteiger partial charge in [-0.25, -0.2) is 4.39 Å². The molecule has 2 aromatic carbocycles. The average Bonchev–Trinajstić information content (AvgIpc) is 2.42. The highest BCUT2D eigenvalue weighted by molar-refractivity contribution is 6.35. The summed E-state index contributed by atoms with van der Waals surface area (Å²) in [6.45, 7) is -0.00192. The molecule has 0 fully saturated rings. The van der Waals surface area contributed by atoms with Crippen LogP contribution in [0.2, 0.25) is 10.0 Å². The van der Waals surface area contributed by atoms with E-state index in [1.54, 1.807) is 24.3 Å². The van der Waals surface area contributed by atoms with Gasteiger partial charge in [0, 0.05) is 16.7 Å². The van der Waals surface area contributed by atoms with E-state index in [0.717, 1.165) is 11.1 Å². The Morgan fingerprint density at radius 1 is 1.00 bits per heavy atom. The lowest BCUT2D eigenvalue weighted by Gasteiger charge is -2.16. The predicted molar refractivity (Wildman–Crippen MR) is 80.8 cm³/mol. The van der Waals surface area contributed by atoms with Crippen molar-refractivity contribution in [1.29, 1.82) is 0 Å². The third-order valence-electron chi connectivity index (χ3n) is 3.23. The summed E-state index contributed by atoms with van der Waals surface area (Å²) in [7, 11) is 0. The van der Waals surface area contributed by atoms with Crippen LogP contribution in [0.1, 0.15) is 11.1 Å². The predicted octanol–water partition coefficient (Wildman–Crippen LogP) is 4.53. The van der Waals surface area contributed by atoms with Crippen molar-refractivity contribution in [2.24, 2.45) is 5.92 Å². The molecule has 20 heavy (non-hydrogen) atoms. The number of halogens is 3. The molecule has 0 saturated heterocycles. The molecule has 0 radical (unpaired) electrons. The van der Waals surface area contributed by atoms with E-state index in [9.17, 15) is 9.50 Å². The quantitative estimate of drug-likeness (QED) is 0.860. The molecule has 0 saturated carbocycles. The van der Waals surface area contributed by atoms with E-state index in [0.29, 0.717) is 22.9 Å². The van der Waals surface area contributed by atoms with Crippen molar-refractivity contribution < 1.29 is 9.50 Å². The second-order valence-electron chi connectivity index (χ2n) is 4.79. The first-order valence-corrected chi connectivity index (χ1v) is 7.14. The largest absolute Gasteiger partial charge is 0.396 e. The monoisotopic (exact) mass is 312 g/mol. The molecule has 0 aliphatic heterocycles. The number of aliphatic hydroxyl groups excluding tert-OH is 1. The van der Waals surface area contributed by atoms with Crippen LogP contribution in [0.25, 0.3) is 0 Å². The Labute approximate surface area is 128 Å². The van der Waals surface area contributed by atoms with Crippen LogP contribution in [-0.2, 0) is 12.8 Å². The minimum atomic E-state index is -0.269. The van der Waals surface area contributed by atoms with Gasteiger partial charge in [-0.05, 0) is 54.2 Å². The van der Waals surface area contributed by atoms with Crippen molar-refractivity contribution in [2.75, 3.05) is 6.61 Å². The first-order chi connectivity index (χ1) is 9.60. The number of rotatable bonds is 5. The van der Waals surface area contributed by atoms with Gasteiger partial charge < -0.3 is 5.11 Å². The minimum Gasteiger partial charge on any atom is -0.396 e. The van der Waals surface area contributed by atoms with Gasteiger partial charge in [0.05, 0.1) is 0 Å². The van der Waals surface area contributed by atoms with E-state index in [-0.39, 0.29) is 18.3 Å². The molecular formula is C16H15Cl2FO. The second-order valence-corrected chi connectivity index (χ2v) is 5.60. The third kappa shape index (κ3) is 3.95. The zero-order valence-electron chi connectivity index (χ0n) is 10.8. The summed E-state index contributed by atoms with van der Waals surface area (Å²) in [5.41, 5.74) is 1.68. The highest BCUT2D eigenvalue weighted by Crippen LogP contribution is 2.28. The van der Waals surface area contributed by atoms with E-state index in [1.807, 2.05) is 6.07 Å². The third-order valence-corrected chi connectivity index (χ3v) is 3.93. The molecule has 0 aliphatic rings. The summed E-state index contributed by atoms with van der Waals surface area (Å²) >= 11 is 12.3. The number of benzene rings is 2. The summed E-state index contributed by atoms with van der Waals surface area (Å²) in [6, 6.07) is 11.7. The van der Waals surface area contributed by atoms with Gasteiger partial charge in [-0.2, -0.15) is 0 Å². The molecule has 0 amide bonds. The fourth-order valence-corrected chi connectivity index (χ4v) is 2.77. The normalized spacial score (nSPS) is 12.4. The summed E-state index contributed by atoms with van der Waals surface area (Å²) in [5, 5.41) is 10.7. The average molecular weight is 313 g/mol. The van der Waals surface area contributed by atoms with Crippen LogP contribution < -0.4 is 0 Å². The summed E-state index contributed by atoms with van der Waals surface area (Å²) < 4.78 is 13.2. The van der Waals surface area contributed by atoms with Gasteiger partial charge in [0.25, 0.3) is 0 Å². The molecule has 0 aliphatic carbocycles. The van der Waals surface area contributed by atoms with Gasteiger partial charge in [0.2, 0.25) is 0 Å². The van der Waals surface area contributed by atoms with Crippen molar-refractivity contribution in [3.05, 3.63) is 69.5 Å². The van der Waals surface area contributed by atoms with Gasteiger partial charge >= 0.3 is 0 Å². The summed E-state index contributed by atoms with van der Waals surface area (Å²) in [4.78, 5) is 0. The molecule has 2 rings (SSSR count). The molecule has 4 heteroatoms. The SMILES string of the molecule is OCC(Cc1cccc(F)c1)Cc1c(Cl)cccc1Cl. The molecule has 0 bridgehead atoms. The van der Waals surface area contributed by atoms with Crippen molar-refractivity contribution in [3.63, 3.8) is 0 Å². The Bertz CT molecular complexity index is 566. The zero-order chi connectivity index (χ0) is 14.5. The maximum absolute atomic E-state index is 13.2. The van der Waals surface area contributed by atoms with Gasteiger partial charge in [-0.15, -0.1) is 0 Å². The molecule has 1 atom stereocenters. The van der Waals surface area contributed by atoms with Crippen LogP contribution in [0, 0.1) is 11.7 Å². The Morgan fingerprint density at radius 2 is 1.65 bits per heavy atom. The van der Waals surface area contributed by atoms with Crippen LogP contribution in [0.5, 0.6) is 0 Å². The second kappa shape index (κ2) is 7.07.